The number of aromatic nitrogens is 4. The number of benzene rings is 8. The van der Waals surface area contributed by atoms with Crippen molar-refractivity contribution in [1.29, 1.82) is 0 Å². The Balaban J connectivity index is 0.718. The first kappa shape index (κ1) is 48.5. The van der Waals surface area contributed by atoms with Crippen LogP contribution in [0.1, 0.15) is 74.9 Å². The van der Waals surface area contributed by atoms with Crippen LogP contribution in [0.4, 0.5) is 0 Å². The molecular weight excluding hydrogens is 981 g/mol. The average molecular weight is 1040 g/mol. The minimum Gasteiger partial charge on any atom is -0.256 e. The summed E-state index contributed by atoms with van der Waals surface area (Å²) >= 11 is 0. The SMILES string of the molecule is CC1(C)c2cc(-c3cc(-c4ccccn4)cc(-c4ccccn4)c3)ccc2-c2ccc(-c3ccc4c(c3)C(C)(C)c3cc(-c5ccc6c(c5)C(C)(C)c5cc(-c7cc(-c8ccccn8)cc(-c8ccccn8)c7)ccc5-6)ccc3-4)cc21. The molecule has 0 unspecified atom stereocenters. The number of pyridine rings is 4. The van der Waals surface area contributed by atoms with Crippen LogP contribution in [0.3, 0.4) is 0 Å². The molecule has 0 amide bonds. The Kier molecular flexibility index (Phi) is 10.9. The topological polar surface area (TPSA) is 51.6 Å². The van der Waals surface area contributed by atoms with E-state index in [1.807, 2.05) is 73.3 Å². The van der Waals surface area contributed by atoms with Gasteiger partial charge in [0, 0.05) is 63.3 Å². The van der Waals surface area contributed by atoms with Crippen molar-refractivity contribution in [3.8, 4) is 123 Å². The summed E-state index contributed by atoms with van der Waals surface area (Å²) in [5.74, 6) is 0. The van der Waals surface area contributed by atoms with Gasteiger partial charge in [-0.25, -0.2) is 0 Å². The minimum atomic E-state index is -0.209. The first-order valence-electron chi connectivity index (χ1n) is 28.2. The smallest absolute Gasteiger partial charge is 0.0702 e. The molecule has 12 aromatic rings. The van der Waals surface area contributed by atoms with Crippen LogP contribution in [0.25, 0.3) is 123 Å². The van der Waals surface area contributed by atoms with E-state index in [9.17, 15) is 0 Å². The second-order valence-electron chi connectivity index (χ2n) is 23.9. The third kappa shape index (κ3) is 7.87. The van der Waals surface area contributed by atoms with Crippen LogP contribution in [0.2, 0.25) is 0 Å². The maximum Gasteiger partial charge on any atom is 0.0702 e. The molecule has 15 rings (SSSR count). The minimum absolute atomic E-state index is 0.198. The van der Waals surface area contributed by atoms with Crippen molar-refractivity contribution >= 4 is 0 Å². The summed E-state index contributed by atoms with van der Waals surface area (Å²) in [6, 6.07) is 80.6. The van der Waals surface area contributed by atoms with Crippen LogP contribution in [-0.2, 0) is 16.2 Å². The maximum atomic E-state index is 4.73. The largest absolute Gasteiger partial charge is 0.256 e. The molecule has 81 heavy (non-hydrogen) atoms. The van der Waals surface area contributed by atoms with Crippen LogP contribution in [0.5, 0.6) is 0 Å². The van der Waals surface area contributed by atoms with Crippen molar-refractivity contribution in [1.82, 2.24) is 19.9 Å². The predicted octanol–water partition coefficient (Wildman–Crippen LogP) is 19.5. The monoisotopic (exact) mass is 1040 g/mol. The second kappa shape index (κ2) is 18.2. The molecule has 0 saturated carbocycles. The second-order valence-corrected chi connectivity index (χ2v) is 23.9. The molecule has 3 aliphatic carbocycles. The first-order valence-corrected chi connectivity index (χ1v) is 28.2. The number of nitrogens with zero attached hydrogens (tertiary/aromatic N) is 4. The molecule has 0 fully saturated rings. The van der Waals surface area contributed by atoms with Crippen molar-refractivity contribution < 1.29 is 0 Å². The van der Waals surface area contributed by atoms with E-state index in [2.05, 4.69) is 211 Å². The highest BCUT2D eigenvalue weighted by molar-refractivity contribution is 5.92. The third-order valence-electron chi connectivity index (χ3n) is 18.1. The van der Waals surface area contributed by atoms with Gasteiger partial charge in [0.15, 0.2) is 0 Å². The summed E-state index contributed by atoms with van der Waals surface area (Å²) in [7, 11) is 0. The van der Waals surface area contributed by atoms with Crippen LogP contribution in [-0.4, -0.2) is 19.9 Å². The molecule has 0 N–H and O–H groups in total. The molecule has 4 heteroatoms. The molecule has 0 atom stereocenters. The lowest BCUT2D eigenvalue weighted by Gasteiger charge is -2.24. The zero-order valence-corrected chi connectivity index (χ0v) is 46.4. The normalized spacial score (nSPS) is 14.3. The van der Waals surface area contributed by atoms with Gasteiger partial charge >= 0.3 is 0 Å². The van der Waals surface area contributed by atoms with Crippen LogP contribution in [0.15, 0.2) is 243 Å². The van der Waals surface area contributed by atoms with Gasteiger partial charge in [0.1, 0.15) is 0 Å². The molecule has 4 aromatic heterocycles. The van der Waals surface area contributed by atoms with E-state index in [-0.39, 0.29) is 16.2 Å². The van der Waals surface area contributed by atoms with Crippen LogP contribution >= 0.6 is 0 Å². The van der Waals surface area contributed by atoms with Gasteiger partial charge in [-0.2, -0.15) is 0 Å². The molecular formula is C77H58N4. The van der Waals surface area contributed by atoms with Gasteiger partial charge < -0.3 is 0 Å². The Morgan fingerprint density at radius 2 is 0.395 bits per heavy atom. The fraction of sp³-hybridized carbons (Fsp3) is 0.117. The van der Waals surface area contributed by atoms with Crippen molar-refractivity contribution in [2.24, 2.45) is 0 Å². The summed E-state index contributed by atoms with van der Waals surface area (Å²) < 4.78 is 0. The van der Waals surface area contributed by atoms with Crippen LogP contribution in [0, 0.1) is 0 Å². The van der Waals surface area contributed by atoms with Gasteiger partial charge in [-0.3, -0.25) is 19.9 Å². The van der Waals surface area contributed by atoms with Gasteiger partial charge in [-0.05, 0) is 233 Å². The molecule has 4 nitrogen and oxygen atoms in total. The summed E-state index contributed by atoms with van der Waals surface area (Å²) in [5.41, 5.74) is 33.1. The number of fused-ring (bicyclic) bond motifs is 9. The van der Waals surface area contributed by atoms with E-state index in [1.165, 1.54) is 100 Å². The molecule has 0 saturated heterocycles. The number of hydrogen-bond donors (Lipinski definition) is 0. The number of hydrogen-bond acceptors (Lipinski definition) is 4. The van der Waals surface area contributed by atoms with Gasteiger partial charge in [-0.1, -0.05) is 139 Å². The molecule has 0 radical (unpaired) electrons. The summed E-state index contributed by atoms with van der Waals surface area (Å²) in [6.07, 6.45) is 7.44. The summed E-state index contributed by atoms with van der Waals surface area (Å²) in [5, 5.41) is 0. The van der Waals surface area contributed by atoms with Crippen molar-refractivity contribution in [3.63, 3.8) is 0 Å². The lowest BCUT2D eigenvalue weighted by atomic mass is 9.79. The lowest BCUT2D eigenvalue weighted by Crippen LogP contribution is -2.16. The third-order valence-corrected chi connectivity index (χ3v) is 18.1. The van der Waals surface area contributed by atoms with Crippen LogP contribution < -0.4 is 0 Å². The zero-order valence-electron chi connectivity index (χ0n) is 46.4. The zero-order chi connectivity index (χ0) is 54.8. The Bertz CT molecular complexity index is 4110. The Labute approximate surface area is 474 Å². The molecule has 4 heterocycles. The Morgan fingerprint density at radius 3 is 0.593 bits per heavy atom. The maximum absolute atomic E-state index is 4.73. The fourth-order valence-electron chi connectivity index (χ4n) is 13.6. The predicted molar refractivity (Wildman–Crippen MR) is 334 cm³/mol. The van der Waals surface area contributed by atoms with E-state index in [1.54, 1.807) is 0 Å². The standard InChI is InChI=1S/C77H58N4/c1-75(2)65-41-47(49-21-27-61-63-29-23-51(45-69(63)76(3,4)67(61)43-49)53-35-55(71-15-7-11-31-78-71)39-56(36-53)72-16-8-12-32-79-72)19-25-59(65)60-26-20-48(42-66(60)75)50-22-28-62-64-30-24-52(46-70(64)77(5,6)68(62)44-50)54-37-57(73-17-9-13-33-80-73)40-58(38-54)74-18-10-14-34-81-74/h7-46H,1-6H3. The van der Waals surface area contributed by atoms with Crippen molar-refractivity contribution in [2.75, 3.05) is 0 Å². The van der Waals surface area contributed by atoms with Crippen molar-refractivity contribution in [2.45, 2.75) is 57.8 Å². The average Bonchev–Trinajstić information content (AvgIpc) is 4.17. The Morgan fingerprint density at radius 1 is 0.198 bits per heavy atom. The molecule has 0 bridgehead atoms. The van der Waals surface area contributed by atoms with Gasteiger partial charge in [0.05, 0.1) is 22.8 Å². The molecule has 0 aliphatic heterocycles. The lowest BCUT2D eigenvalue weighted by molar-refractivity contribution is 0.659. The van der Waals surface area contributed by atoms with Gasteiger partial charge in [-0.15, -0.1) is 0 Å². The summed E-state index contributed by atoms with van der Waals surface area (Å²) in [6.45, 7) is 14.4. The van der Waals surface area contributed by atoms with E-state index >= 15 is 0 Å². The van der Waals surface area contributed by atoms with Gasteiger partial charge in [0.2, 0.25) is 0 Å². The van der Waals surface area contributed by atoms with E-state index in [0.29, 0.717) is 0 Å². The number of rotatable bonds is 8. The fourth-order valence-corrected chi connectivity index (χ4v) is 13.6. The Hall–Kier alpha value is -9.64. The highest BCUT2D eigenvalue weighted by Gasteiger charge is 2.39. The van der Waals surface area contributed by atoms with E-state index in [4.69, 9.17) is 19.9 Å². The van der Waals surface area contributed by atoms with Crippen molar-refractivity contribution in [3.05, 3.63) is 277 Å². The molecule has 3 aliphatic rings. The van der Waals surface area contributed by atoms with E-state index < -0.39 is 0 Å². The highest BCUT2D eigenvalue weighted by Crippen LogP contribution is 2.55. The molecule has 0 spiro atoms. The quantitative estimate of drug-likeness (QED) is 0.152. The highest BCUT2D eigenvalue weighted by atomic mass is 14.7. The molecule has 386 valence electrons. The first-order chi connectivity index (χ1) is 39.4. The van der Waals surface area contributed by atoms with E-state index in [0.717, 1.165) is 56.2 Å². The summed E-state index contributed by atoms with van der Waals surface area (Å²) in [4.78, 5) is 18.9. The van der Waals surface area contributed by atoms with Gasteiger partial charge in [0.25, 0.3) is 0 Å². The molecule has 8 aromatic carbocycles.